The van der Waals surface area contributed by atoms with E-state index in [-0.39, 0.29) is 5.78 Å². The Balaban J connectivity index is 2.46. The van der Waals surface area contributed by atoms with Gasteiger partial charge in [-0.05, 0) is 63.8 Å². The quantitative estimate of drug-likeness (QED) is 0.791. The number of anilines is 1. The molecule has 4 nitrogen and oxygen atoms in total. The van der Waals surface area contributed by atoms with E-state index in [0.717, 1.165) is 30.4 Å². The molecule has 1 amide bonds. The second kappa shape index (κ2) is 5.27. The highest BCUT2D eigenvalue weighted by molar-refractivity contribution is 5.99. The molecule has 0 fully saturated rings. The Labute approximate surface area is 119 Å². The van der Waals surface area contributed by atoms with Crippen molar-refractivity contribution < 1.29 is 14.7 Å². The van der Waals surface area contributed by atoms with Crippen LogP contribution in [-0.2, 0) is 6.42 Å². The molecular formula is C16H21NO3. The Morgan fingerprint density at radius 3 is 2.45 bits per heavy atom. The summed E-state index contributed by atoms with van der Waals surface area (Å²) < 4.78 is 0. The van der Waals surface area contributed by atoms with Crippen LogP contribution >= 0.6 is 0 Å². The van der Waals surface area contributed by atoms with E-state index in [9.17, 15) is 14.7 Å². The topological polar surface area (TPSA) is 57.6 Å². The molecule has 108 valence electrons. The highest BCUT2D eigenvalue weighted by atomic mass is 16.4. The Kier molecular flexibility index (Phi) is 3.84. The zero-order chi connectivity index (χ0) is 14.9. The van der Waals surface area contributed by atoms with Crippen molar-refractivity contribution >= 4 is 17.6 Å². The van der Waals surface area contributed by atoms with Gasteiger partial charge in [-0.1, -0.05) is 0 Å². The third-order valence-electron chi connectivity index (χ3n) is 3.61. The van der Waals surface area contributed by atoms with Crippen LogP contribution in [0.15, 0.2) is 18.2 Å². The summed E-state index contributed by atoms with van der Waals surface area (Å²) in [7, 11) is 0. The summed E-state index contributed by atoms with van der Waals surface area (Å²) >= 11 is 0. The Morgan fingerprint density at radius 2 is 1.85 bits per heavy atom. The monoisotopic (exact) mass is 275 g/mol. The molecule has 0 unspecified atom stereocenters. The standard InChI is InChI=1S/C16H21NO3/c1-16(2,3)17(15(19)20)12-8-9-13-11(10-12)6-4-5-7-14(13)18/h8-10H,4-7H2,1-3H3,(H,19,20). The highest BCUT2D eigenvalue weighted by Crippen LogP contribution is 2.29. The lowest BCUT2D eigenvalue weighted by Crippen LogP contribution is -2.45. The normalized spacial score (nSPS) is 15.4. The van der Waals surface area contributed by atoms with Crippen molar-refractivity contribution in [3.63, 3.8) is 0 Å². The molecule has 1 aliphatic carbocycles. The lowest BCUT2D eigenvalue weighted by atomic mass is 9.99. The molecule has 20 heavy (non-hydrogen) atoms. The first-order chi connectivity index (χ1) is 9.30. The molecule has 0 saturated carbocycles. The van der Waals surface area contributed by atoms with Gasteiger partial charge >= 0.3 is 6.09 Å². The maximum atomic E-state index is 12.0. The summed E-state index contributed by atoms with van der Waals surface area (Å²) in [5.41, 5.74) is 1.85. The zero-order valence-corrected chi connectivity index (χ0v) is 12.3. The van der Waals surface area contributed by atoms with Gasteiger partial charge in [0.1, 0.15) is 0 Å². The van der Waals surface area contributed by atoms with E-state index in [1.165, 1.54) is 4.90 Å². The number of benzene rings is 1. The Bertz CT molecular complexity index is 543. The summed E-state index contributed by atoms with van der Waals surface area (Å²) in [6.45, 7) is 5.58. The van der Waals surface area contributed by atoms with Gasteiger partial charge in [-0.3, -0.25) is 9.69 Å². The predicted molar refractivity (Wildman–Crippen MR) is 78.6 cm³/mol. The second-order valence-corrected chi connectivity index (χ2v) is 6.26. The van der Waals surface area contributed by atoms with Gasteiger partial charge in [-0.15, -0.1) is 0 Å². The number of carbonyl (C=O) groups excluding carboxylic acids is 1. The van der Waals surface area contributed by atoms with Gasteiger partial charge < -0.3 is 5.11 Å². The molecule has 4 heteroatoms. The van der Waals surface area contributed by atoms with Crippen LogP contribution in [0.1, 0.15) is 56.0 Å². The lowest BCUT2D eigenvalue weighted by Gasteiger charge is -2.33. The van der Waals surface area contributed by atoms with Crippen LogP contribution in [0.25, 0.3) is 0 Å². The van der Waals surface area contributed by atoms with Crippen molar-refractivity contribution in [2.45, 2.75) is 52.0 Å². The number of carbonyl (C=O) groups is 2. The predicted octanol–water partition coefficient (Wildman–Crippen LogP) is 3.88. The summed E-state index contributed by atoms with van der Waals surface area (Å²) in [4.78, 5) is 24.8. The smallest absolute Gasteiger partial charge is 0.412 e. The molecule has 0 atom stereocenters. The molecule has 1 aliphatic rings. The number of amides is 1. The van der Waals surface area contributed by atoms with Crippen LogP contribution in [0.4, 0.5) is 10.5 Å². The number of ketones is 1. The van der Waals surface area contributed by atoms with E-state index in [0.29, 0.717) is 12.1 Å². The summed E-state index contributed by atoms with van der Waals surface area (Å²) in [6.07, 6.45) is 2.34. The van der Waals surface area contributed by atoms with Crippen LogP contribution < -0.4 is 4.90 Å². The van der Waals surface area contributed by atoms with E-state index in [1.807, 2.05) is 26.8 Å². The lowest BCUT2D eigenvalue weighted by molar-refractivity contribution is 0.0982. The molecule has 0 heterocycles. The van der Waals surface area contributed by atoms with E-state index >= 15 is 0 Å². The largest absolute Gasteiger partial charge is 0.465 e. The number of nitrogens with zero attached hydrogens (tertiary/aromatic N) is 1. The minimum atomic E-state index is -0.975. The summed E-state index contributed by atoms with van der Waals surface area (Å²) in [5, 5.41) is 9.43. The van der Waals surface area contributed by atoms with Gasteiger partial charge in [-0.2, -0.15) is 0 Å². The number of rotatable bonds is 1. The van der Waals surface area contributed by atoms with E-state index in [1.54, 1.807) is 12.1 Å². The van der Waals surface area contributed by atoms with Crippen LogP contribution in [0, 0.1) is 0 Å². The molecule has 1 N–H and O–H groups in total. The van der Waals surface area contributed by atoms with Crippen molar-refractivity contribution in [2.75, 3.05) is 4.90 Å². The van der Waals surface area contributed by atoms with Gasteiger partial charge in [0.15, 0.2) is 5.78 Å². The molecule has 0 aromatic heterocycles. The average Bonchev–Trinajstić information content (AvgIpc) is 2.49. The van der Waals surface area contributed by atoms with Crippen LogP contribution in [0.2, 0.25) is 0 Å². The van der Waals surface area contributed by atoms with Crippen molar-refractivity contribution in [1.29, 1.82) is 0 Å². The SMILES string of the molecule is CC(C)(C)N(C(=O)O)c1ccc2c(c1)CCCCC2=O. The molecule has 0 radical (unpaired) electrons. The van der Waals surface area contributed by atoms with Crippen LogP contribution in [0.3, 0.4) is 0 Å². The fourth-order valence-electron chi connectivity index (χ4n) is 2.72. The van der Waals surface area contributed by atoms with Crippen molar-refractivity contribution in [1.82, 2.24) is 0 Å². The van der Waals surface area contributed by atoms with Crippen molar-refractivity contribution in [2.24, 2.45) is 0 Å². The number of hydrogen-bond donors (Lipinski definition) is 1. The molecule has 2 rings (SSSR count). The fraction of sp³-hybridized carbons (Fsp3) is 0.500. The number of aryl methyl sites for hydroxylation is 1. The van der Waals surface area contributed by atoms with Crippen molar-refractivity contribution in [3.05, 3.63) is 29.3 Å². The fourth-order valence-corrected chi connectivity index (χ4v) is 2.72. The van der Waals surface area contributed by atoms with Gasteiger partial charge in [0.2, 0.25) is 0 Å². The summed E-state index contributed by atoms with van der Waals surface area (Å²) in [6, 6.07) is 5.37. The van der Waals surface area contributed by atoms with Gasteiger partial charge in [0.25, 0.3) is 0 Å². The van der Waals surface area contributed by atoms with E-state index in [4.69, 9.17) is 0 Å². The first kappa shape index (κ1) is 14.6. The first-order valence-corrected chi connectivity index (χ1v) is 7.00. The molecule has 0 bridgehead atoms. The molecule has 1 aromatic carbocycles. The van der Waals surface area contributed by atoms with E-state index < -0.39 is 11.6 Å². The van der Waals surface area contributed by atoms with Gasteiger partial charge in [-0.25, -0.2) is 4.79 Å². The average molecular weight is 275 g/mol. The van der Waals surface area contributed by atoms with Gasteiger partial charge in [0.05, 0.1) is 0 Å². The van der Waals surface area contributed by atoms with Crippen molar-refractivity contribution in [3.8, 4) is 0 Å². The minimum Gasteiger partial charge on any atom is -0.465 e. The highest BCUT2D eigenvalue weighted by Gasteiger charge is 2.28. The maximum Gasteiger partial charge on any atom is 0.412 e. The molecular weight excluding hydrogens is 254 g/mol. The minimum absolute atomic E-state index is 0.168. The Morgan fingerprint density at radius 1 is 1.20 bits per heavy atom. The number of carboxylic acid groups (broad SMARTS) is 1. The number of Topliss-reactive ketones (excluding diaryl/α,β-unsaturated/α-hetero) is 1. The third-order valence-corrected chi connectivity index (χ3v) is 3.61. The number of hydrogen-bond acceptors (Lipinski definition) is 2. The molecule has 1 aromatic rings. The van der Waals surface area contributed by atoms with Crippen LogP contribution in [0.5, 0.6) is 0 Å². The first-order valence-electron chi connectivity index (χ1n) is 7.00. The molecule has 0 aliphatic heterocycles. The third kappa shape index (κ3) is 2.84. The number of fused-ring (bicyclic) bond motifs is 1. The molecule has 0 spiro atoms. The van der Waals surface area contributed by atoms with Gasteiger partial charge in [0, 0.05) is 23.2 Å². The second-order valence-electron chi connectivity index (χ2n) is 6.26. The maximum absolute atomic E-state index is 12.0. The molecule has 0 saturated heterocycles. The Hall–Kier alpha value is -1.84. The summed E-state index contributed by atoms with van der Waals surface area (Å²) in [5.74, 6) is 0.168. The zero-order valence-electron chi connectivity index (χ0n) is 12.3. The van der Waals surface area contributed by atoms with Crippen LogP contribution in [-0.4, -0.2) is 22.5 Å². The van der Waals surface area contributed by atoms with E-state index in [2.05, 4.69) is 0 Å².